The summed E-state index contributed by atoms with van der Waals surface area (Å²) >= 11 is 0. The van der Waals surface area contributed by atoms with Gasteiger partial charge in [-0.25, -0.2) is 10.3 Å². The molecule has 0 saturated carbocycles. The van der Waals surface area contributed by atoms with Crippen molar-refractivity contribution in [2.75, 3.05) is 19.6 Å². The van der Waals surface area contributed by atoms with Crippen molar-refractivity contribution in [3.05, 3.63) is 36.0 Å². The summed E-state index contributed by atoms with van der Waals surface area (Å²) in [5, 5.41) is 5.09. The minimum Gasteiger partial charge on any atom is -0.457 e. The molecule has 2 fully saturated rings. The van der Waals surface area contributed by atoms with E-state index >= 15 is 0 Å². The van der Waals surface area contributed by atoms with Crippen LogP contribution in [0.3, 0.4) is 0 Å². The van der Waals surface area contributed by atoms with E-state index in [1.807, 2.05) is 4.90 Å². The molecule has 5 heterocycles. The number of hydrogen-bond acceptors (Lipinski definition) is 9. The van der Waals surface area contributed by atoms with Crippen molar-refractivity contribution in [3.8, 4) is 0 Å². The van der Waals surface area contributed by atoms with Gasteiger partial charge in [-0.1, -0.05) is 26.6 Å². The molecule has 26 heavy (non-hydrogen) atoms. The molecule has 5 aliphatic rings. The summed E-state index contributed by atoms with van der Waals surface area (Å²) < 4.78 is 11.7. The smallest absolute Gasteiger partial charge is 0.317 e. The second kappa shape index (κ2) is 6.48. The molecule has 2 saturated heterocycles. The molecule has 5 aliphatic heterocycles. The molecule has 0 aromatic rings. The van der Waals surface area contributed by atoms with Gasteiger partial charge in [0.05, 0.1) is 11.4 Å². The number of nitrogens with one attached hydrogen (secondary N) is 2. The lowest BCUT2D eigenvalue weighted by Crippen LogP contribution is -2.67. The van der Waals surface area contributed by atoms with Crippen LogP contribution >= 0.6 is 21.6 Å². The molecule has 0 aliphatic carbocycles. The van der Waals surface area contributed by atoms with Crippen molar-refractivity contribution in [1.82, 2.24) is 20.6 Å². The van der Waals surface area contributed by atoms with Gasteiger partial charge in [0.15, 0.2) is 11.8 Å². The molecular weight excluding hydrogens is 380 g/mol. The minimum atomic E-state index is -0.797. The van der Waals surface area contributed by atoms with E-state index in [2.05, 4.69) is 27.2 Å². The topological polar surface area (TPSA) is 84.5 Å². The fourth-order valence-electron chi connectivity index (χ4n) is 4.29. The van der Waals surface area contributed by atoms with Crippen molar-refractivity contribution in [1.29, 1.82) is 0 Å². The van der Waals surface area contributed by atoms with Crippen LogP contribution in [0.1, 0.15) is 6.42 Å². The third-order valence-electron chi connectivity index (χ3n) is 5.27. The van der Waals surface area contributed by atoms with E-state index in [1.54, 1.807) is 21.6 Å². The molecule has 0 spiro atoms. The van der Waals surface area contributed by atoms with Gasteiger partial charge in [-0.05, 0) is 17.9 Å². The fraction of sp³-hybridized carbons (Fsp3) is 0.533. The summed E-state index contributed by atoms with van der Waals surface area (Å²) in [7, 11) is 3.44. The Labute approximate surface area is 158 Å². The molecule has 0 aromatic heterocycles. The van der Waals surface area contributed by atoms with Gasteiger partial charge in [-0.2, -0.15) is 0 Å². The number of likely N-dealkylation sites (tertiary alicyclic amines) is 1. The summed E-state index contributed by atoms with van der Waals surface area (Å²) in [4.78, 5) is 26.6. The van der Waals surface area contributed by atoms with E-state index in [4.69, 9.17) is 19.3 Å². The standard InChI is InChI=1S/C15H18N4O5S2/c20-14-16-3-5-18(14)11-1-4-19(12-2-8-25-26-12)15(11,10-9-23-24-17-10)13-21-6-7-22-13/h2,6-9,11-13,17H,1,3-5H2,(H,16,20). The zero-order valence-corrected chi connectivity index (χ0v) is 15.3. The van der Waals surface area contributed by atoms with E-state index in [9.17, 15) is 4.79 Å². The lowest BCUT2D eigenvalue weighted by molar-refractivity contribution is -0.268. The number of carbonyl (C=O) groups is 1. The number of urea groups is 1. The van der Waals surface area contributed by atoms with Gasteiger partial charge in [0, 0.05) is 19.6 Å². The maximum absolute atomic E-state index is 12.5. The van der Waals surface area contributed by atoms with Gasteiger partial charge in [-0.3, -0.25) is 4.90 Å². The van der Waals surface area contributed by atoms with Crippen LogP contribution in [0.25, 0.3) is 0 Å². The van der Waals surface area contributed by atoms with Crippen molar-refractivity contribution < 1.29 is 24.1 Å². The maximum Gasteiger partial charge on any atom is 0.317 e. The van der Waals surface area contributed by atoms with Gasteiger partial charge >= 0.3 is 6.03 Å². The van der Waals surface area contributed by atoms with E-state index < -0.39 is 11.8 Å². The number of hydroxylamine groups is 1. The second-order valence-corrected chi connectivity index (χ2v) is 8.64. The molecule has 0 radical (unpaired) electrons. The molecule has 5 rings (SSSR count). The van der Waals surface area contributed by atoms with Crippen LogP contribution in [0.5, 0.6) is 0 Å². The van der Waals surface area contributed by atoms with E-state index in [1.165, 1.54) is 18.8 Å². The summed E-state index contributed by atoms with van der Waals surface area (Å²) in [6.45, 7) is 2.04. The van der Waals surface area contributed by atoms with Crippen molar-refractivity contribution >= 4 is 27.6 Å². The van der Waals surface area contributed by atoms with Crippen LogP contribution in [-0.4, -0.2) is 58.7 Å². The molecule has 0 aromatic carbocycles. The van der Waals surface area contributed by atoms with E-state index in [-0.39, 0.29) is 17.4 Å². The first kappa shape index (κ1) is 16.5. The molecule has 3 unspecified atom stereocenters. The SMILES string of the molecule is O=C1NCCN1C1CCN(C2C=CSS2)C1(C1=COON1)C1OC=CO1. The Morgan fingerprint density at radius 1 is 1.27 bits per heavy atom. The largest absolute Gasteiger partial charge is 0.457 e. The van der Waals surface area contributed by atoms with Crippen LogP contribution in [0.4, 0.5) is 4.79 Å². The third-order valence-corrected chi connectivity index (χ3v) is 7.52. The lowest BCUT2D eigenvalue weighted by Gasteiger charge is -2.47. The maximum atomic E-state index is 12.5. The summed E-state index contributed by atoms with van der Waals surface area (Å²) in [6.07, 6.45) is 6.90. The number of hydrogen-bond donors (Lipinski definition) is 2. The first-order valence-electron chi connectivity index (χ1n) is 8.37. The summed E-state index contributed by atoms with van der Waals surface area (Å²) in [5.41, 5.74) is 2.73. The third kappa shape index (κ3) is 2.30. The van der Waals surface area contributed by atoms with Crippen molar-refractivity contribution in [2.45, 2.75) is 29.7 Å². The fourth-order valence-corrected chi connectivity index (χ4v) is 6.54. The Morgan fingerprint density at radius 3 is 2.81 bits per heavy atom. The van der Waals surface area contributed by atoms with Gasteiger partial charge in [-0.15, -0.1) is 0 Å². The number of rotatable bonds is 4. The highest BCUT2D eigenvalue weighted by Gasteiger charge is 2.65. The highest BCUT2D eigenvalue weighted by Crippen LogP contribution is 2.50. The van der Waals surface area contributed by atoms with Crippen LogP contribution in [0.2, 0.25) is 0 Å². The number of ether oxygens (including phenoxy) is 2. The molecular formula is C15H18N4O5S2. The van der Waals surface area contributed by atoms with Crippen LogP contribution in [0.15, 0.2) is 36.0 Å². The Morgan fingerprint density at radius 2 is 2.15 bits per heavy atom. The minimum absolute atomic E-state index is 0.0726. The predicted octanol–water partition coefficient (Wildman–Crippen LogP) is 1.21. The van der Waals surface area contributed by atoms with Crippen molar-refractivity contribution in [2.24, 2.45) is 0 Å². The average molecular weight is 398 g/mol. The van der Waals surface area contributed by atoms with Gasteiger partial charge in [0.25, 0.3) is 6.29 Å². The molecule has 3 atom stereocenters. The highest BCUT2D eigenvalue weighted by atomic mass is 33.1. The Balaban J connectivity index is 1.61. The molecule has 140 valence electrons. The molecule has 0 bridgehead atoms. The van der Waals surface area contributed by atoms with Crippen LogP contribution in [-0.2, 0) is 19.3 Å². The van der Waals surface area contributed by atoms with E-state index in [0.717, 1.165) is 13.0 Å². The average Bonchev–Trinajstić information content (AvgIpc) is 3.44. The van der Waals surface area contributed by atoms with Gasteiger partial charge in [0.1, 0.15) is 18.2 Å². The second-order valence-electron chi connectivity index (χ2n) is 6.35. The molecule has 2 amide bonds. The first-order valence-corrected chi connectivity index (χ1v) is 10.6. The first-order chi connectivity index (χ1) is 12.8. The van der Waals surface area contributed by atoms with Gasteiger partial charge in [0.2, 0.25) is 0 Å². The highest BCUT2D eigenvalue weighted by molar-refractivity contribution is 8.78. The summed E-state index contributed by atoms with van der Waals surface area (Å²) in [5.74, 6) is 0. The number of amides is 2. The van der Waals surface area contributed by atoms with Crippen LogP contribution < -0.4 is 10.8 Å². The molecule has 9 nitrogen and oxygen atoms in total. The zero-order valence-electron chi connectivity index (χ0n) is 13.7. The Kier molecular flexibility index (Phi) is 4.11. The van der Waals surface area contributed by atoms with Crippen LogP contribution in [0, 0.1) is 0 Å². The zero-order chi connectivity index (χ0) is 17.6. The van der Waals surface area contributed by atoms with Crippen molar-refractivity contribution in [3.63, 3.8) is 0 Å². The molecule has 11 heteroatoms. The quantitative estimate of drug-likeness (QED) is 0.536. The Bertz CT molecular complexity index is 681. The van der Waals surface area contributed by atoms with E-state index in [0.29, 0.717) is 18.8 Å². The predicted molar refractivity (Wildman–Crippen MR) is 94.5 cm³/mol. The summed E-state index contributed by atoms with van der Waals surface area (Å²) in [6, 6.07) is -0.241. The van der Waals surface area contributed by atoms with Gasteiger partial charge < -0.3 is 24.6 Å². The number of nitrogens with zero attached hydrogens (tertiary/aromatic N) is 2. The monoisotopic (exact) mass is 398 g/mol. The normalized spacial score (nSPS) is 36.7. The molecule has 2 N–H and O–H groups in total. The lowest BCUT2D eigenvalue weighted by atomic mass is 9.85. The number of carbonyl (C=O) groups excluding carboxylic acids is 1. The Hall–Kier alpha value is -1.69.